The van der Waals surface area contributed by atoms with Crippen molar-refractivity contribution in [3.63, 3.8) is 0 Å². The van der Waals surface area contributed by atoms with Crippen LogP contribution >= 0.6 is 0 Å². The molecule has 0 aliphatic heterocycles. The van der Waals surface area contributed by atoms with Crippen molar-refractivity contribution in [2.24, 2.45) is 0 Å². The Labute approximate surface area is 169 Å². The van der Waals surface area contributed by atoms with E-state index in [0.717, 1.165) is 0 Å². The summed E-state index contributed by atoms with van der Waals surface area (Å²) >= 11 is 0. The number of carbonyl (C=O) groups is 1. The van der Waals surface area contributed by atoms with E-state index in [4.69, 9.17) is 4.43 Å². The summed E-state index contributed by atoms with van der Waals surface area (Å²) in [5.74, 6) is 0. The van der Waals surface area contributed by atoms with Gasteiger partial charge >= 0.3 is 0 Å². The van der Waals surface area contributed by atoms with Crippen LogP contribution in [0.4, 0.5) is 4.39 Å². The fourth-order valence-corrected chi connectivity index (χ4v) is 7.98. The van der Waals surface area contributed by atoms with Crippen LogP contribution in [0.3, 0.4) is 0 Å². The molecule has 0 atom stereocenters. The lowest BCUT2D eigenvalue weighted by atomic mass is 10.2. The molecule has 1 saturated carbocycles. The molecular formula is C23H31FO3Si. The van der Waals surface area contributed by atoms with Gasteiger partial charge in [-0.2, -0.15) is 0 Å². The second kappa shape index (κ2) is 9.48. The van der Waals surface area contributed by atoms with Crippen molar-refractivity contribution in [3.8, 4) is 0 Å². The van der Waals surface area contributed by atoms with E-state index < -0.39 is 14.0 Å². The number of hydrogen-bond acceptors (Lipinski definition) is 3. The highest BCUT2D eigenvalue weighted by Crippen LogP contribution is 2.43. The minimum atomic E-state index is -2.56. The molecule has 1 aliphatic carbocycles. The van der Waals surface area contributed by atoms with Gasteiger partial charge in [0.25, 0.3) is 14.8 Å². The fourth-order valence-electron chi connectivity index (χ4n) is 3.35. The third-order valence-corrected chi connectivity index (χ3v) is 9.97. The van der Waals surface area contributed by atoms with E-state index in [1.165, 1.54) is 10.4 Å². The normalized spacial score (nSPS) is 15.2. The lowest BCUT2D eigenvalue weighted by Crippen LogP contribution is -2.67. The summed E-state index contributed by atoms with van der Waals surface area (Å²) in [6.07, 6.45) is 1.26. The highest BCUT2D eigenvalue weighted by atomic mass is 28.4. The second-order valence-corrected chi connectivity index (χ2v) is 12.5. The van der Waals surface area contributed by atoms with Gasteiger partial charge in [-0.1, -0.05) is 81.4 Å². The third-order valence-electron chi connectivity index (χ3n) is 4.99. The first-order valence-electron chi connectivity index (χ1n) is 9.78. The Morgan fingerprint density at radius 2 is 1.46 bits per heavy atom. The SMILES string of the molecule is CC(C)(C)[Si](OCC1(F)CC1)(c1ccccc1)c1ccccc1.CCOC=O. The molecule has 0 N–H and O–H groups in total. The van der Waals surface area contributed by atoms with Crippen molar-refractivity contribution in [3.05, 3.63) is 60.7 Å². The fraction of sp³-hybridized carbons (Fsp3) is 0.435. The van der Waals surface area contributed by atoms with Crippen molar-refractivity contribution >= 4 is 25.2 Å². The number of hydrogen-bond donors (Lipinski definition) is 0. The van der Waals surface area contributed by atoms with Gasteiger partial charge in [-0.25, -0.2) is 4.39 Å². The third kappa shape index (κ3) is 5.30. The molecule has 0 spiro atoms. The zero-order valence-corrected chi connectivity index (χ0v) is 18.3. The summed E-state index contributed by atoms with van der Waals surface area (Å²) in [5.41, 5.74) is -1.10. The Kier molecular flexibility index (Phi) is 7.55. The zero-order chi connectivity index (χ0) is 20.7. The molecule has 28 heavy (non-hydrogen) atoms. The van der Waals surface area contributed by atoms with Gasteiger partial charge in [0, 0.05) is 0 Å². The predicted molar refractivity (Wildman–Crippen MR) is 114 cm³/mol. The van der Waals surface area contributed by atoms with E-state index in [-0.39, 0.29) is 11.6 Å². The number of halogens is 1. The Bertz CT molecular complexity index is 685. The van der Waals surface area contributed by atoms with Crippen molar-refractivity contribution in [1.29, 1.82) is 0 Å². The predicted octanol–water partition coefficient (Wildman–Crippen LogP) is 4.24. The average Bonchev–Trinajstić information content (AvgIpc) is 3.42. The number of alkyl halides is 1. The van der Waals surface area contributed by atoms with Crippen LogP contribution in [0.15, 0.2) is 60.7 Å². The Morgan fingerprint density at radius 3 is 1.75 bits per heavy atom. The monoisotopic (exact) mass is 402 g/mol. The molecule has 152 valence electrons. The molecule has 0 saturated heterocycles. The molecule has 0 unspecified atom stereocenters. The van der Waals surface area contributed by atoms with E-state index in [2.05, 4.69) is 74.0 Å². The standard InChI is InChI=1S/C20H25FOSi.C3H6O2/c1-19(2,3)23(17-10-6-4-7-11-17,18-12-8-5-9-13-18)22-16-20(21)14-15-20;1-2-5-3-4/h4-13H,14-16H2,1-3H3;3H,2H2,1H3. The largest absolute Gasteiger partial charge is 0.468 e. The maximum atomic E-state index is 14.3. The molecule has 3 nitrogen and oxygen atoms in total. The van der Waals surface area contributed by atoms with Crippen LogP contribution in [0.2, 0.25) is 5.04 Å². The molecule has 0 amide bonds. The molecule has 2 aromatic rings. The first kappa shape index (κ1) is 22.3. The van der Waals surface area contributed by atoms with E-state index in [1.807, 2.05) is 12.1 Å². The van der Waals surface area contributed by atoms with Crippen LogP contribution < -0.4 is 10.4 Å². The summed E-state index contributed by atoms with van der Waals surface area (Å²) in [5, 5.41) is 2.34. The van der Waals surface area contributed by atoms with Crippen LogP contribution in [0, 0.1) is 0 Å². The highest BCUT2D eigenvalue weighted by molar-refractivity contribution is 6.99. The number of benzene rings is 2. The van der Waals surface area contributed by atoms with E-state index in [1.54, 1.807) is 6.92 Å². The number of ether oxygens (including phenoxy) is 1. The molecule has 2 aromatic carbocycles. The van der Waals surface area contributed by atoms with E-state index in [9.17, 15) is 9.18 Å². The Balaban J connectivity index is 0.000000500. The summed E-state index contributed by atoms with van der Waals surface area (Å²) in [4.78, 5) is 9.18. The van der Waals surface area contributed by atoms with Crippen LogP contribution in [-0.2, 0) is 14.0 Å². The van der Waals surface area contributed by atoms with Gasteiger partial charge in [0.1, 0.15) is 5.67 Å². The minimum Gasteiger partial charge on any atom is -0.468 e. The Hall–Kier alpha value is -1.98. The van der Waals surface area contributed by atoms with Crippen LogP contribution in [0.25, 0.3) is 0 Å². The average molecular weight is 403 g/mol. The molecule has 0 bridgehead atoms. The number of carbonyl (C=O) groups excluding carboxylic acids is 1. The summed E-state index contributed by atoms with van der Waals surface area (Å²) in [7, 11) is -2.56. The lowest BCUT2D eigenvalue weighted by Gasteiger charge is -2.43. The maximum absolute atomic E-state index is 14.3. The van der Waals surface area contributed by atoms with Gasteiger partial charge in [-0.15, -0.1) is 0 Å². The van der Waals surface area contributed by atoms with E-state index >= 15 is 0 Å². The summed E-state index contributed by atoms with van der Waals surface area (Å²) < 4.78 is 25.1. The van der Waals surface area contributed by atoms with Crippen molar-refractivity contribution in [2.45, 2.75) is 51.2 Å². The molecule has 0 radical (unpaired) electrons. The van der Waals surface area contributed by atoms with Gasteiger partial charge < -0.3 is 9.16 Å². The lowest BCUT2D eigenvalue weighted by molar-refractivity contribution is -0.128. The van der Waals surface area contributed by atoms with Gasteiger partial charge in [0.05, 0.1) is 13.2 Å². The van der Waals surface area contributed by atoms with Crippen LogP contribution in [0.1, 0.15) is 40.5 Å². The molecule has 1 aliphatic rings. The maximum Gasteiger partial charge on any atom is 0.293 e. The highest BCUT2D eigenvalue weighted by Gasteiger charge is 2.53. The number of rotatable bonds is 7. The van der Waals surface area contributed by atoms with Gasteiger partial charge in [-0.3, -0.25) is 4.79 Å². The van der Waals surface area contributed by atoms with Crippen LogP contribution in [0.5, 0.6) is 0 Å². The first-order chi connectivity index (χ1) is 13.3. The van der Waals surface area contributed by atoms with Gasteiger partial charge in [-0.05, 0) is 35.2 Å². The smallest absolute Gasteiger partial charge is 0.293 e. The van der Waals surface area contributed by atoms with Gasteiger partial charge in [0.15, 0.2) is 0 Å². The molecule has 1 fully saturated rings. The topological polar surface area (TPSA) is 35.5 Å². The molecule has 0 heterocycles. The quantitative estimate of drug-likeness (QED) is 0.513. The first-order valence-corrected chi connectivity index (χ1v) is 11.7. The summed E-state index contributed by atoms with van der Waals surface area (Å²) in [6, 6.07) is 20.8. The molecule has 5 heteroatoms. The van der Waals surface area contributed by atoms with Gasteiger partial charge in [0.2, 0.25) is 0 Å². The van der Waals surface area contributed by atoms with Crippen molar-refractivity contribution in [2.75, 3.05) is 13.2 Å². The van der Waals surface area contributed by atoms with Crippen LogP contribution in [-0.4, -0.2) is 33.7 Å². The molecule has 0 aromatic heterocycles. The zero-order valence-electron chi connectivity index (χ0n) is 17.3. The minimum absolute atomic E-state index is 0.0824. The second-order valence-electron chi connectivity index (χ2n) is 8.15. The Morgan fingerprint density at radius 1 is 1.00 bits per heavy atom. The molecular weight excluding hydrogens is 371 g/mol. The van der Waals surface area contributed by atoms with E-state index in [0.29, 0.717) is 25.9 Å². The van der Waals surface area contributed by atoms with Crippen molar-refractivity contribution < 1.29 is 18.3 Å². The molecule has 3 rings (SSSR count). The summed E-state index contributed by atoms with van der Waals surface area (Å²) in [6.45, 7) is 9.53. The van der Waals surface area contributed by atoms with Crippen molar-refractivity contribution in [1.82, 2.24) is 0 Å².